The van der Waals surface area contributed by atoms with Crippen LogP contribution in [0.4, 0.5) is 0 Å². The highest BCUT2D eigenvalue weighted by atomic mass is 16.5. The van der Waals surface area contributed by atoms with Gasteiger partial charge in [0.25, 0.3) is 0 Å². The lowest BCUT2D eigenvalue weighted by Crippen LogP contribution is -2.30. The molecular formula is C12H15NO4. The van der Waals surface area contributed by atoms with E-state index in [-0.39, 0.29) is 18.9 Å². The van der Waals surface area contributed by atoms with Crippen molar-refractivity contribution in [2.45, 2.75) is 19.4 Å². The van der Waals surface area contributed by atoms with Crippen LogP contribution < -0.4 is 4.74 Å². The molecule has 0 aromatic heterocycles. The Hall–Kier alpha value is -1.75. The largest absolute Gasteiger partial charge is 0.492 e. The Morgan fingerprint density at radius 1 is 1.35 bits per heavy atom. The summed E-state index contributed by atoms with van der Waals surface area (Å²) in [5.41, 5.74) is -0.970. The van der Waals surface area contributed by atoms with Gasteiger partial charge < -0.3 is 9.84 Å². The van der Waals surface area contributed by atoms with E-state index in [4.69, 9.17) is 4.74 Å². The first-order chi connectivity index (χ1) is 7.95. The van der Waals surface area contributed by atoms with E-state index in [1.807, 2.05) is 0 Å². The zero-order chi connectivity index (χ0) is 12.9. The van der Waals surface area contributed by atoms with Crippen LogP contribution >= 0.6 is 0 Å². The van der Waals surface area contributed by atoms with Gasteiger partial charge in [0.1, 0.15) is 24.5 Å². The summed E-state index contributed by atoms with van der Waals surface area (Å²) in [6.45, 7) is 3.18. The molecule has 92 valence electrons. The third-order valence-electron chi connectivity index (χ3n) is 2.12. The fourth-order valence-electron chi connectivity index (χ4n) is 1.26. The molecule has 0 saturated heterocycles. The lowest BCUT2D eigenvalue weighted by atomic mass is 9.97. The first-order valence-corrected chi connectivity index (χ1v) is 5.24. The van der Waals surface area contributed by atoms with Gasteiger partial charge in [0, 0.05) is 5.56 Å². The SMILES string of the molecule is CC(C)(O)C(=O)c1ccc(OCCN=O)cc1. The van der Waals surface area contributed by atoms with Crippen molar-refractivity contribution >= 4 is 5.78 Å². The second-order valence-corrected chi connectivity index (χ2v) is 4.11. The second-order valence-electron chi connectivity index (χ2n) is 4.11. The molecule has 0 saturated carbocycles. The van der Waals surface area contributed by atoms with Crippen LogP contribution in [0, 0.1) is 4.91 Å². The lowest BCUT2D eigenvalue weighted by molar-refractivity contribution is 0.0488. The number of ether oxygens (including phenoxy) is 1. The molecular weight excluding hydrogens is 222 g/mol. The number of rotatable bonds is 6. The lowest BCUT2D eigenvalue weighted by Gasteiger charge is -2.15. The summed E-state index contributed by atoms with van der Waals surface area (Å²) in [5, 5.41) is 12.2. The first-order valence-electron chi connectivity index (χ1n) is 5.24. The van der Waals surface area contributed by atoms with Crippen LogP contribution in [0.1, 0.15) is 24.2 Å². The zero-order valence-corrected chi connectivity index (χ0v) is 9.84. The average Bonchev–Trinajstić information content (AvgIpc) is 2.28. The third-order valence-corrected chi connectivity index (χ3v) is 2.12. The number of carbonyl (C=O) groups excluding carboxylic acids is 1. The summed E-state index contributed by atoms with van der Waals surface area (Å²) in [6.07, 6.45) is 0. The third kappa shape index (κ3) is 3.96. The van der Waals surface area contributed by atoms with Gasteiger partial charge in [0.2, 0.25) is 0 Å². The Balaban J connectivity index is 2.68. The van der Waals surface area contributed by atoms with Gasteiger partial charge in [-0.15, -0.1) is 0 Å². The van der Waals surface area contributed by atoms with E-state index in [1.54, 1.807) is 24.3 Å². The molecule has 0 aliphatic rings. The maximum Gasteiger partial charge on any atom is 0.193 e. The highest BCUT2D eigenvalue weighted by Gasteiger charge is 2.24. The molecule has 0 fully saturated rings. The van der Waals surface area contributed by atoms with Crippen LogP contribution in [0.5, 0.6) is 5.75 Å². The molecule has 0 spiro atoms. The minimum Gasteiger partial charge on any atom is -0.492 e. The van der Waals surface area contributed by atoms with E-state index in [1.165, 1.54) is 13.8 Å². The van der Waals surface area contributed by atoms with Crippen LogP contribution in [-0.4, -0.2) is 29.6 Å². The summed E-state index contributed by atoms with van der Waals surface area (Å²) < 4.78 is 5.20. The maximum atomic E-state index is 11.7. The van der Waals surface area contributed by atoms with Gasteiger partial charge in [-0.2, -0.15) is 4.91 Å². The molecule has 0 atom stereocenters. The Kier molecular flexibility index (Phi) is 4.34. The van der Waals surface area contributed by atoms with Gasteiger partial charge in [-0.1, -0.05) is 5.18 Å². The van der Waals surface area contributed by atoms with Gasteiger partial charge in [0.05, 0.1) is 0 Å². The molecule has 1 aromatic rings. The van der Waals surface area contributed by atoms with Gasteiger partial charge in [-0.3, -0.25) is 4.79 Å². The summed E-state index contributed by atoms with van der Waals surface area (Å²) in [5.74, 6) is 0.208. The molecule has 5 nitrogen and oxygen atoms in total. The van der Waals surface area contributed by atoms with Crippen LogP contribution in [0.2, 0.25) is 0 Å². The number of nitrogens with zero attached hydrogens (tertiary/aromatic N) is 1. The summed E-state index contributed by atoms with van der Waals surface area (Å²) >= 11 is 0. The molecule has 5 heteroatoms. The predicted octanol–water partition coefficient (Wildman–Crippen LogP) is 1.79. The first kappa shape index (κ1) is 13.3. The van der Waals surface area contributed by atoms with Gasteiger partial charge in [-0.05, 0) is 38.1 Å². The van der Waals surface area contributed by atoms with E-state index in [9.17, 15) is 14.8 Å². The standard InChI is InChI=1S/C12H15NO4/c1-12(2,15)11(14)9-3-5-10(6-4-9)17-8-7-13-16/h3-6,15H,7-8H2,1-2H3. The maximum absolute atomic E-state index is 11.7. The predicted molar refractivity (Wildman–Crippen MR) is 63.2 cm³/mol. The van der Waals surface area contributed by atoms with Crippen LogP contribution in [-0.2, 0) is 0 Å². The monoisotopic (exact) mass is 237 g/mol. The highest BCUT2D eigenvalue weighted by molar-refractivity contribution is 6.01. The quantitative estimate of drug-likeness (QED) is 0.465. The van der Waals surface area contributed by atoms with Crippen molar-refractivity contribution in [3.05, 3.63) is 34.7 Å². The smallest absolute Gasteiger partial charge is 0.193 e. The molecule has 0 bridgehead atoms. The van der Waals surface area contributed by atoms with Crippen molar-refractivity contribution in [1.29, 1.82) is 0 Å². The number of hydrogen-bond acceptors (Lipinski definition) is 5. The van der Waals surface area contributed by atoms with Crippen molar-refractivity contribution in [3.8, 4) is 5.75 Å². The molecule has 0 heterocycles. The van der Waals surface area contributed by atoms with Gasteiger partial charge in [0.15, 0.2) is 5.78 Å². The molecule has 0 aliphatic carbocycles. The second kappa shape index (κ2) is 5.54. The summed E-state index contributed by atoms with van der Waals surface area (Å²) in [6, 6.07) is 6.38. The summed E-state index contributed by atoms with van der Waals surface area (Å²) in [7, 11) is 0. The minimum absolute atomic E-state index is 0.0877. The number of carbonyl (C=O) groups is 1. The molecule has 1 aromatic carbocycles. The number of aliphatic hydroxyl groups is 1. The highest BCUT2D eigenvalue weighted by Crippen LogP contribution is 2.16. The van der Waals surface area contributed by atoms with Gasteiger partial charge >= 0.3 is 0 Å². The van der Waals surface area contributed by atoms with Crippen LogP contribution in [0.25, 0.3) is 0 Å². The fourth-order valence-corrected chi connectivity index (χ4v) is 1.26. The molecule has 17 heavy (non-hydrogen) atoms. The molecule has 0 radical (unpaired) electrons. The Labute approximate surface area is 99.4 Å². The van der Waals surface area contributed by atoms with E-state index < -0.39 is 5.60 Å². The van der Waals surface area contributed by atoms with Crippen LogP contribution in [0.3, 0.4) is 0 Å². The molecule has 1 rings (SSSR count). The number of nitroso groups, excluding NO2 is 1. The van der Waals surface area contributed by atoms with Crippen molar-refractivity contribution in [1.82, 2.24) is 0 Å². The van der Waals surface area contributed by atoms with E-state index in [0.717, 1.165) is 0 Å². The minimum atomic E-state index is -1.39. The molecule has 0 unspecified atom stereocenters. The Bertz CT molecular complexity index is 392. The van der Waals surface area contributed by atoms with Crippen molar-refractivity contribution in [2.75, 3.05) is 13.2 Å². The zero-order valence-electron chi connectivity index (χ0n) is 9.84. The molecule has 0 aliphatic heterocycles. The number of hydrogen-bond donors (Lipinski definition) is 1. The van der Waals surface area contributed by atoms with E-state index >= 15 is 0 Å². The van der Waals surface area contributed by atoms with E-state index in [2.05, 4.69) is 5.18 Å². The normalized spacial score (nSPS) is 11.0. The van der Waals surface area contributed by atoms with Crippen molar-refractivity contribution in [3.63, 3.8) is 0 Å². The van der Waals surface area contributed by atoms with Gasteiger partial charge in [-0.25, -0.2) is 0 Å². The summed E-state index contributed by atoms with van der Waals surface area (Å²) in [4.78, 5) is 21.5. The Morgan fingerprint density at radius 2 is 1.94 bits per heavy atom. The fraction of sp³-hybridized carbons (Fsp3) is 0.417. The molecule has 0 amide bonds. The van der Waals surface area contributed by atoms with Crippen molar-refractivity contribution in [2.24, 2.45) is 5.18 Å². The topological polar surface area (TPSA) is 76.0 Å². The average molecular weight is 237 g/mol. The number of Topliss-reactive ketones (excluding diaryl/α,β-unsaturated/α-hetero) is 1. The van der Waals surface area contributed by atoms with Crippen molar-refractivity contribution < 1.29 is 14.6 Å². The molecule has 1 N–H and O–H groups in total. The number of ketones is 1. The number of benzene rings is 1. The van der Waals surface area contributed by atoms with E-state index in [0.29, 0.717) is 11.3 Å². The van der Waals surface area contributed by atoms with Crippen LogP contribution in [0.15, 0.2) is 29.4 Å². The Morgan fingerprint density at radius 3 is 2.41 bits per heavy atom.